The van der Waals surface area contributed by atoms with Crippen LogP contribution in [0.25, 0.3) is 33.8 Å². The van der Waals surface area contributed by atoms with Crippen molar-refractivity contribution in [2.75, 3.05) is 74.9 Å². The van der Waals surface area contributed by atoms with E-state index in [1.807, 2.05) is 178 Å². The van der Waals surface area contributed by atoms with Crippen LogP contribution in [0.5, 0.6) is 34.5 Å². The standard InChI is InChI=1S/2C25H25N5O3.C22H23N5O2.C4H6O/c2*1-2-21(31)29-14-17(15-29)20-12-13-27-25-22(24(26)32)23(28-30(20)25)16-8-10-19(11-9-16)33-18-6-4-3-5-7-18;23-21(28)19-20(26-27-18(15-12-24-13-15)10-11-25-22(19)27)14-6-8-17(9-7-14)29-16-4-2-1-3-5-16;1-3-4(2)5/h2*2-11,17,20,27H,1,12-15H2,(H2,26,32);1-9,15,18,24-25H,10-13H2,(H2,23,28);3H,1H2,2H3. The number of likely N-dealkylation sites (tertiary alicyclic amines) is 2. The van der Waals surface area contributed by atoms with E-state index < -0.39 is 17.7 Å². The van der Waals surface area contributed by atoms with Crippen molar-refractivity contribution in [2.45, 2.75) is 44.3 Å². The summed E-state index contributed by atoms with van der Waals surface area (Å²) in [6.07, 6.45) is 6.66. The minimum Gasteiger partial charge on any atom is -0.457 e. The van der Waals surface area contributed by atoms with Gasteiger partial charge in [0.05, 0.1) is 18.1 Å². The van der Waals surface area contributed by atoms with Gasteiger partial charge in [0.1, 0.15) is 85.7 Å². The molecule has 6 aromatic carbocycles. The number of benzene rings is 6. The van der Waals surface area contributed by atoms with Crippen molar-refractivity contribution < 1.29 is 43.0 Å². The van der Waals surface area contributed by atoms with Crippen molar-refractivity contribution in [2.24, 2.45) is 35.0 Å². The molecule has 3 aromatic heterocycles. The molecule has 5 amide bonds. The highest BCUT2D eigenvalue weighted by Crippen LogP contribution is 2.43. The Hall–Kier alpha value is -12.1. The third-order valence-electron chi connectivity index (χ3n) is 18.5. The molecule has 0 bridgehead atoms. The minimum absolute atomic E-state index is 0.0185. The number of hydrogen-bond acceptors (Lipinski definition) is 16. The Morgan fingerprint density at radius 1 is 0.410 bits per heavy atom. The lowest BCUT2D eigenvalue weighted by Gasteiger charge is -2.44. The van der Waals surface area contributed by atoms with E-state index in [1.54, 1.807) is 9.80 Å². The van der Waals surface area contributed by atoms with Gasteiger partial charge in [-0.2, -0.15) is 15.3 Å². The minimum atomic E-state index is -0.527. The Bertz CT molecular complexity index is 4270. The van der Waals surface area contributed by atoms with E-state index in [2.05, 4.69) is 41.0 Å². The lowest BCUT2D eigenvalue weighted by atomic mass is 9.88. The van der Waals surface area contributed by atoms with E-state index >= 15 is 0 Å². The van der Waals surface area contributed by atoms with Crippen LogP contribution in [0.15, 0.2) is 202 Å². The van der Waals surface area contributed by atoms with Gasteiger partial charge in [-0.25, -0.2) is 14.0 Å². The van der Waals surface area contributed by atoms with E-state index in [-0.39, 0.29) is 47.6 Å². The first-order chi connectivity index (χ1) is 48.6. The summed E-state index contributed by atoms with van der Waals surface area (Å²) in [5.74, 6) is 5.85. The van der Waals surface area contributed by atoms with E-state index in [9.17, 15) is 28.8 Å². The van der Waals surface area contributed by atoms with E-state index in [4.69, 9.17) is 46.7 Å². The van der Waals surface area contributed by atoms with E-state index in [1.165, 1.54) is 25.2 Å². The molecule has 24 nitrogen and oxygen atoms in total. The van der Waals surface area contributed by atoms with Crippen molar-refractivity contribution >= 4 is 52.8 Å². The van der Waals surface area contributed by atoms with Gasteiger partial charge in [0.15, 0.2) is 5.78 Å². The number of fused-ring (bicyclic) bond motifs is 3. The van der Waals surface area contributed by atoms with E-state index in [0.29, 0.717) is 102 Å². The number of rotatable bonds is 18. The fraction of sp³-hybridized carbons (Fsp3) is 0.250. The first-order valence-corrected chi connectivity index (χ1v) is 33.2. The number of ketones is 1. The van der Waals surface area contributed by atoms with Crippen LogP contribution in [0.1, 0.15) is 75.4 Å². The van der Waals surface area contributed by atoms with Crippen LogP contribution in [0.2, 0.25) is 0 Å². The van der Waals surface area contributed by atoms with Gasteiger partial charge in [-0.3, -0.25) is 28.8 Å². The molecule has 512 valence electrons. The predicted octanol–water partition coefficient (Wildman–Crippen LogP) is 10.7. The number of para-hydroxylation sites is 3. The highest BCUT2D eigenvalue weighted by molar-refractivity contribution is 6.05. The number of hydrogen-bond donors (Lipinski definition) is 7. The number of nitrogens with zero attached hydrogens (tertiary/aromatic N) is 8. The number of carbonyl (C=O) groups excluding carboxylic acids is 6. The summed E-state index contributed by atoms with van der Waals surface area (Å²) in [6.45, 7) is 18.6. The average molecular weight is 1350 g/mol. The van der Waals surface area contributed by atoms with Crippen LogP contribution >= 0.6 is 0 Å². The molecule has 0 aliphatic carbocycles. The van der Waals surface area contributed by atoms with Crippen LogP contribution in [0.4, 0.5) is 17.5 Å². The molecule has 3 fully saturated rings. The van der Waals surface area contributed by atoms with Crippen molar-refractivity contribution in [3.8, 4) is 68.3 Å². The summed E-state index contributed by atoms with van der Waals surface area (Å²) >= 11 is 0. The van der Waals surface area contributed by atoms with E-state index in [0.717, 1.165) is 84.4 Å². The Morgan fingerprint density at radius 2 is 0.680 bits per heavy atom. The summed E-state index contributed by atoms with van der Waals surface area (Å²) in [5.41, 5.74) is 22.6. The van der Waals surface area contributed by atoms with Crippen LogP contribution in [0, 0.1) is 17.8 Å². The second-order valence-corrected chi connectivity index (χ2v) is 25.0. The molecule has 15 rings (SSSR count). The van der Waals surface area contributed by atoms with Crippen LogP contribution in [-0.4, -0.2) is 133 Å². The monoisotopic (exact) mass is 1350 g/mol. The Balaban J connectivity index is 0.000000138. The van der Waals surface area contributed by atoms with Gasteiger partial charge in [-0.15, -0.1) is 0 Å². The molecule has 6 aliphatic rings. The number of allylic oxidation sites excluding steroid dienone is 1. The Morgan fingerprint density at radius 3 is 0.920 bits per heavy atom. The average Bonchev–Trinajstić information content (AvgIpc) is 1.61. The molecular weight excluding hydrogens is 1270 g/mol. The number of amides is 5. The molecular formula is C76H79N15O9. The smallest absolute Gasteiger partial charge is 0.254 e. The molecule has 0 saturated carbocycles. The molecule has 6 aliphatic heterocycles. The topological polar surface area (TPSA) is 316 Å². The van der Waals surface area contributed by atoms with Gasteiger partial charge in [-0.05, 0) is 154 Å². The van der Waals surface area contributed by atoms with Gasteiger partial charge >= 0.3 is 0 Å². The molecule has 10 N–H and O–H groups in total. The summed E-state index contributed by atoms with van der Waals surface area (Å²) in [5, 5.41) is 27.7. The lowest BCUT2D eigenvalue weighted by molar-refractivity contribution is -0.134. The van der Waals surface area contributed by atoms with Gasteiger partial charge in [-0.1, -0.05) is 74.3 Å². The Kier molecular flexibility index (Phi) is 20.8. The summed E-state index contributed by atoms with van der Waals surface area (Å²) < 4.78 is 23.3. The maximum atomic E-state index is 12.4. The first-order valence-electron chi connectivity index (χ1n) is 33.2. The van der Waals surface area contributed by atoms with Gasteiger partial charge in [0.2, 0.25) is 11.8 Å². The van der Waals surface area contributed by atoms with Crippen LogP contribution < -0.4 is 52.7 Å². The zero-order valence-corrected chi connectivity index (χ0v) is 55.4. The molecule has 0 radical (unpaired) electrons. The normalized spacial score (nSPS) is 17.2. The SMILES string of the molecule is C=CC(=O)N1CC(C2CCNc3c(C(N)=O)c(-c4ccc(Oc5ccccc5)cc4)nn32)C1.C=CC(=O)N1CC(C2CCNc3c(C(N)=O)c(-c4ccc(Oc5ccccc5)cc4)nn32)C1.C=CC(C)=O.NC(=O)c1c(-c2ccc(Oc3ccccc3)cc2)nn2c1NCCC2C1CNC1. The zero-order chi connectivity index (χ0) is 70.0. The highest BCUT2D eigenvalue weighted by Gasteiger charge is 2.43. The molecule has 3 unspecified atom stereocenters. The summed E-state index contributed by atoms with van der Waals surface area (Å²) in [6, 6.07) is 51.6. The number of nitrogens with one attached hydrogen (secondary N) is 4. The largest absolute Gasteiger partial charge is 0.457 e. The third-order valence-corrected chi connectivity index (χ3v) is 18.5. The molecule has 24 heteroatoms. The van der Waals surface area contributed by atoms with Crippen molar-refractivity contribution in [1.29, 1.82) is 0 Å². The number of primary amides is 3. The molecule has 3 atom stereocenters. The number of carbonyl (C=O) groups is 6. The summed E-state index contributed by atoms with van der Waals surface area (Å²) in [7, 11) is 0. The molecule has 9 aromatic rings. The zero-order valence-electron chi connectivity index (χ0n) is 55.4. The van der Waals surface area contributed by atoms with Crippen molar-refractivity contribution in [1.82, 2.24) is 44.5 Å². The Labute approximate surface area is 578 Å². The lowest BCUT2D eigenvalue weighted by Crippen LogP contribution is -2.53. The van der Waals surface area contributed by atoms with Crippen molar-refractivity contribution in [3.63, 3.8) is 0 Å². The summed E-state index contributed by atoms with van der Waals surface area (Å²) in [4.78, 5) is 74.0. The molecule has 3 saturated heterocycles. The van der Waals surface area contributed by atoms with Gasteiger partial charge in [0.25, 0.3) is 17.7 Å². The first kappa shape index (κ1) is 67.9. The molecule has 9 heterocycles. The maximum Gasteiger partial charge on any atom is 0.254 e. The maximum absolute atomic E-state index is 12.4. The van der Waals surface area contributed by atoms with Crippen LogP contribution in [-0.2, 0) is 14.4 Å². The predicted molar refractivity (Wildman–Crippen MR) is 382 cm³/mol. The molecule has 100 heavy (non-hydrogen) atoms. The van der Waals surface area contributed by atoms with Gasteiger partial charge in [0, 0.05) is 93.3 Å². The van der Waals surface area contributed by atoms with Gasteiger partial charge < -0.3 is 62.5 Å². The number of anilines is 3. The second-order valence-electron chi connectivity index (χ2n) is 25.0. The number of aromatic nitrogens is 6. The number of ether oxygens (including phenoxy) is 3. The highest BCUT2D eigenvalue weighted by atomic mass is 16.5. The fourth-order valence-corrected chi connectivity index (χ4v) is 13.2. The number of nitrogens with two attached hydrogens (primary N) is 3. The van der Waals surface area contributed by atoms with Crippen LogP contribution in [0.3, 0.4) is 0 Å². The van der Waals surface area contributed by atoms with Crippen molar-refractivity contribution in [3.05, 3.63) is 218 Å². The molecule has 0 spiro atoms. The fourth-order valence-electron chi connectivity index (χ4n) is 13.2. The quantitative estimate of drug-likeness (QED) is 0.0393. The third kappa shape index (κ3) is 14.9. The second kappa shape index (κ2) is 30.6.